The molecule has 0 unspecified atom stereocenters. The van der Waals surface area contributed by atoms with Gasteiger partial charge in [0.15, 0.2) is 0 Å². The zero-order valence-electron chi connectivity index (χ0n) is 15.5. The van der Waals surface area contributed by atoms with E-state index in [1.54, 1.807) is 21.6 Å². The van der Waals surface area contributed by atoms with Crippen molar-refractivity contribution in [1.29, 1.82) is 0 Å². The molecule has 8 heteroatoms. The molecule has 1 aliphatic heterocycles. The summed E-state index contributed by atoms with van der Waals surface area (Å²) < 4.78 is 3.32. The average molecular weight is 422 g/mol. The number of nitrogens with one attached hydrogen (secondary N) is 1. The van der Waals surface area contributed by atoms with Gasteiger partial charge in [0, 0.05) is 18.8 Å². The molecule has 150 valence electrons. The second-order valence-electron chi connectivity index (χ2n) is 6.79. The van der Waals surface area contributed by atoms with Gasteiger partial charge in [-0.05, 0) is 55.6 Å². The molecule has 2 aromatic heterocycles. The van der Waals surface area contributed by atoms with Crippen molar-refractivity contribution in [1.82, 2.24) is 24.6 Å². The van der Waals surface area contributed by atoms with E-state index >= 15 is 0 Å². The standard InChI is InChI=1S/C20H23N5O.2ClH/c26-20-24(15-17-5-4-10-22-14-17)23-19(13-16-8-11-21-12-9-16)25(20)18-6-2-1-3-7-18;;/h1-7,10,14,16,21H,8-9,11-13,15H2;2*1H. The first kappa shape index (κ1) is 22.1. The molecule has 0 amide bonds. The Labute approximate surface area is 176 Å². The summed E-state index contributed by atoms with van der Waals surface area (Å²) >= 11 is 0. The van der Waals surface area contributed by atoms with Crippen LogP contribution in [0, 0.1) is 5.92 Å². The highest BCUT2D eigenvalue weighted by atomic mass is 35.5. The van der Waals surface area contributed by atoms with E-state index in [1.807, 2.05) is 42.5 Å². The Hall–Kier alpha value is -2.15. The summed E-state index contributed by atoms with van der Waals surface area (Å²) in [6, 6.07) is 13.6. The molecular weight excluding hydrogens is 397 g/mol. The number of piperidine rings is 1. The molecule has 0 spiro atoms. The Morgan fingerprint density at radius 3 is 2.46 bits per heavy atom. The molecule has 0 aliphatic carbocycles. The molecule has 0 radical (unpaired) electrons. The van der Waals surface area contributed by atoms with E-state index in [0.717, 1.165) is 49.4 Å². The minimum Gasteiger partial charge on any atom is -0.317 e. The van der Waals surface area contributed by atoms with E-state index in [1.165, 1.54) is 0 Å². The fraction of sp³-hybridized carbons (Fsp3) is 0.350. The van der Waals surface area contributed by atoms with Crippen LogP contribution in [0.3, 0.4) is 0 Å². The molecule has 1 saturated heterocycles. The van der Waals surface area contributed by atoms with Crippen LogP contribution in [-0.2, 0) is 13.0 Å². The zero-order valence-corrected chi connectivity index (χ0v) is 17.2. The number of hydrogen-bond acceptors (Lipinski definition) is 4. The second-order valence-corrected chi connectivity index (χ2v) is 6.79. The average Bonchev–Trinajstić information content (AvgIpc) is 2.99. The van der Waals surface area contributed by atoms with Crippen LogP contribution in [0.15, 0.2) is 59.7 Å². The fourth-order valence-corrected chi connectivity index (χ4v) is 3.53. The van der Waals surface area contributed by atoms with E-state index in [0.29, 0.717) is 12.5 Å². The van der Waals surface area contributed by atoms with Gasteiger partial charge in [0.2, 0.25) is 0 Å². The molecule has 1 aliphatic rings. The first-order valence-corrected chi connectivity index (χ1v) is 9.15. The number of pyridine rings is 1. The topological polar surface area (TPSA) is 64.7 Å². The highest BCUT2D eigenvalue weighted by molar-refractivity contribution is 5.85. The van der Waals surface area contributed by atoms with Crippen molar-refractivity contribution in [2.24, 2.45) is 5.92 Å². The summed E-state index contributed by atoms with van der Waals surface area (Å²) in [7, 11) is 0. The summed E-state index contributed by atoms with van der Waals surface area (Å²) in [5, 5.41) is 8.09. The summed E-state index contributed by atoms with van der Waals surface area (Å²) in [6.45, 7) is 2.51. The largest absolute Gasteiger partial charge is 0.350 e. The molecule has 0 bridgehead atoms. The third kappa shape index (κ3) is 5.01. The molecular formula is C20H25Cl2N5O. The molecule has 1 fully saturated rings. The van der Waals surface area contributed by atoms with Gasteiger partial charge in [-0.1, -0.05) is 24.3 Å². The number of aromatic nitrogens is 4. The minimum atomic E-state index is -0.0935. The first-order chi connectivity index (χ1) is 12.8. The summed E-state index contributed by atoms with van der Waals surface area (Å²) in [5.74, 6) is 1.41. The van der Waals surface area contributed by atoms with Gasteiger partial charge in [0.05, 0.1) is 12.2 Å². The number of hydrogen-bond donors (Lipinski definition) is 1. The number of benzene rings is 1. The second kappa shape index (κ2) is 10.4. The first-order valence-electron chi connectivity index (χ1n) is 9.15. The summed E-state index contributed by atoms with van der Waals surface area (Å²) in [6.07, 6.45) is 6.58. The lowest BCUT2D eigenvalue weighted by Gasteiger charge is -2.22. The monoisotopic (exact) mass is 421 g/mol. The minimum absolute atomic E-state index is 0. The van der Waals surface area contributed by atoms with Gasteiger partial charge in [-0.2, -0.15) is 5.10 Å². The van der Waals surface area contributed by atoms with Crippen LogP contribution in [0.1, 0.15) is 24.2 Å². The lowest BCUT2D eigenvalue weighted by atomic mass is 9.94. The predicted molar refractivity (Wildman–Crippen MR) is 115 cm³/mol. The molecule has 3 aromatic rings. The Morgan fingerprint density at radius 1 is 1.04 bits per heavy atom. The lowest BCUT2D eigenvalue weighted by molar-refractivity contribution is 0.365. The smallest absolute Gasteiger partial charge is 0.317 e. The highest BCUT2D eigenvalue weighted by Gasteiger charge is 2.20. The van der Waals surface area contributed by atoms with Crippen LogP contribution in [0.5, 0.6) is 0 Å². The quantitative estimate of drug-likeness (QED) is 0.687. The predicted octanol–water partition coefficient (Wildman–Crippen LogP) is 2.86. The van der Waals surface area contributed by atoms with E-state index in [9.17, 15) is 4.79 Å². The van der Waals surface area contributed by atoms with Gasteiger partial charge in [-0.15, -0.1) is 24.8 Å². The highest BCUT2D eigenvalue weighted by Crippen LogP contribution is 2.18. The molecule has 1 aromatic carbocycles. The van der Waals surface area contributed by atoms with Crippen LogP contribution >= 0.6 is 24.8 Å². The van der Waals surface area contributed by atoms with Gasteiger partial charge in [-0.3, -0.25) is 4.98 Å². The maximum Gasteiger partial charge on any atom is 0.350 e. The fourth-order valence-electron chi connectivity index (χ4n) is 3.53. The van der Waals surface area contributed by atoms with Gasteiger partial charge in [0.1, 0.15) is 5.82 Å². The number of nitrogens with zero attached hydrogens (tertiary/aromatic N) is 4. The Bertz CT molecular complexity index is 905. The van der Waals surface area contributed by atoms with Crippen LogP contribution < -0.4 is 11.0 Å². The summed E-state index contributed by atoms with van der Waals surface area (Å²) in [4.78, 5) is 17.2. The lowest BCUT2D eigenvalue weighted by Crippen LogP contribution is -2.29. The van der Waals surface area contributed by atoms with Crippen LogP contribution in [0.4, 0.5) is 0 Å². The molecule has 1 N–H and O–H groups in total. The van der Waals surface area contributed by atoms with Crippen molar-refractivity contribution in [3.8, 4) is 5.69 Å². The Morgan fingerprint density at radius 2 is 1.79 bits per heavy atom. The normalized spacial score (nSPS) is 14.1. The molecule has 3 heterocycles. The van der Waals surface area contributed by atoms with Crippen LogP contribution in [-0.4, -0.2) is 32.4 Å². The van der Waals surface area contributed by atoms with Crippen molar-refractivity contribution in [3.63, 3.8) is 0 Å². The molecule has 4 rings (SSSR count). The molecule has 6 nitrogen and oxygen atoms in total. The third-order valence-corrected chi connectivity index (χ3v) is 4.91. The van der Waals surface area contributed by atoms with Gasteiger partial charge in [-0.25, -0.2) is 14.0 Å². The maximum atomic E-state index is 13.1. The SMILES string of the molecule is Cl.Cl.O=c1n(Cc2cccnc2)nc(CC2CCNCC2)n1-c1ccccc1. The zero-order chi connectivity index (χ0) is 17.8. The van der Waals surface area contributed by atoms with Gasteiger partial charge >= 0.3 is 5.69 Å². The van der Waals surface area contributed by atoms with Gasteiger partial charge < -0.3 is 5.32 Å². The van der Waals surface area contributed by atoms with Crippen molar-refractivity contribution >= 4 is 24.8 Å². The van der Waals surface area contributed by atoms with Crippen LogP contribution in [0.25, 0.3) is 5.69 Å². The van der Waals surface area contributed by atoms with Crippen molar-refractivity contribution in [3.05, 3.63) is 76.7 Å². The molecule has 28 heavy (non-hydrogen) atoms. The van der Waals surface area contributed by atoms with Crippen molar-refractivity contribution < 1.29 is 0 Å². The Balaban J connectivity index is 0.00000140. The van der Waals surface area contributed by atoms with Gasteiger partial charge in [0.25, 0.3) is 0 Å². The molecule has 0 atom stereocenters. The number of rotatable bonds is 5. The van der Waals surface area contributed by atoms with Crippen molar-refractivity contribution in [2.45, 2.75) is 25.8 Å². The number of para-hydroxylation sites is 1. The molecule has 0 saturated carbocycles. The van der Waals surface area contributed by atoms with E-state index < -0.39 is 0 Å². The van der Waals surface area contributed by atoms with E-state index in [2.05, 4.69) is 10.3 Å². The number of halogens is 2. The van der Waals surface area contributed by atoms with E-state index in [-0.39, 0.29) is 30.5 Å². The van der Waals surface area contributed by atoms with Crippen LogP contribution in [0.2, 0.25) is 0 Å². The summed E-state index contributed by atoms with van der Waals surface area (Å²) in [5.41, 5.74) is 1.75. The third-order valence-electron chi connectivity index (χ3n) is 4.91. The Kier molecular flexibility index (Phi) is 8.23. The van der Waals surface area contributed by atoms with Crippen molar-refractivity contribution in [2.75, 3.05) is 13.1 Å². The maximum absolute atomic E-state index is 13.1. The van der Waals surface area contributed by atoms with E-state index in [4.69, 9.17) is 5.10 Å².